The van der Waals surface area contributed by atoms with Gasteiger partial charge in [-0.05, 0) is 73.5 Å². The van der Waals surface area contributed by atoms with Gasteiger partial charge in [0.05, 0.1) is 17.1 Å². The third-order valence-corrected chi connectivity index (χ3v) is 6.79. The van der Waals surface area contributed by atoms with E-state index in [0.717, 1.165) is 16.8 Å². The fourth-order valence-corrected chi connectivity index (χ4v) is 4.54. The summed E-state index contributed by atoms with van der Waals surface area (Å²) >= 11 is 0. The minimum atomic E-state index is -1.14. The van der Waals surface area contributed by atoms with E-state index in [1.807, 2.05) is 56.3 Å². The molecule has 0 saturated carbocycles. The zero-order valence-corrected chi connectivity index (χ0v) is 20.8. The van der Waals surface area contributed by atoms with Crippen LogP contribution in [0.5, 0.6) is 0 Å². The Morgan fingerprint density at radius 1 is 0.919 bits per heavy atom. The van der Waals surface area contributed by atoms with Crippen molar-refractivity contribution in [3.8, 4) is 6.07 Å². The summed E-state index contributed by atoms with van der Waals surface area (Å²) < 4.78 is 13.4. The summed E-state index contributed by atoms with van der Waals surface area (Å²) in [6.07, 6.45) is 0. The Balaban J connectivity index is 1.45. The van der Waals surface area contributed by atoms with E-state index in [1.54, 1.807) is 12.1 Å². The first-order valence-electron chi connectivity index (χ1n) is 12.2. The minimum Gasteiger partial charge on any atom is -0.368 e. The molecule has 8 heteroatoms. The second-order valence-electron chi connectivity index (χ2n) is 9.22. The van der Waals surface area contributed by atoms with Gasteiger partial charge in [-0.3, -0.25) is 4.79 Å². The molecule has 1 amide bonds. The van der Waals surface area contributed by atoms with Crippen LogP contribution in [0, 0.1) is 31.0 Å². The van der Waals surface area contributed by atoms with E-state index in [2.05, 4.69) is 21.2 Å². The standard InChI is InChI=1S/C29H27FN6O/c1-19-7-10-22(17-20(19)2)32-29(37)24(18-31)27-28(34-26-6-4-3-5-25(26)33-27)36-15-13-35(14-16-36)23-11-8-21(30)9-12-23/h3-12,17,24H,13-16H2,1-2H3,(H,32,37)/t24-/m0/s1. The van der Waals surface area contributed by atoms with Crippen LogP contribution >= 0.6 is 0 Å². The maximum atomic E-state index is 13.4. The van der Waals surface area contributed by atoms with Crippen molar-refractivity contribution < 1.29 is 9.18 Å². The molecule has 1 atom stereocenters. The number of fused-ring (bicyclic) bond motifs is 1. The SMILES string of the molecule is Cc1ccc(NC(=O)[C@@H](C#N)c2nc3ccccc3nc2N2CCN(c3ccc(F)cc3)CC2)cc1C. The van der Waals surface area contributed by atoms with Gasteiger partial charge >= 0.3 is 0 Å². The Morgan fingerprint density at radius 2 is 1.57 bits per heavy atom. The van der Waals surface area contributed by atoms with Crippen molar-refractivity contribution in [1.29, 1.82) is 5.26 Å². The average molecular weight is 495 g/mol. The zero-order valence-electron chi connectivity index (χ0n) is 20.8. The lowest BCUT2D eigenvalue weighted by Gasteiger charge is -2.37. The smallest absolute Gasteiger partial charge is 0.248 e. The summed E-state index contributed by atoms with van der Waals surface area (Å²) in [7, 11) is 0. The number of amides is 1. The average Bonchev–Trinajstić information content (AvgIpc) is 2.91. The molecule has 5 rings (SSSR count). The van der Waals surface area contributed by atoms with Crippen molar-refractivity contribution in [2.45, 2.75) is 19.8 Å². The Hall–Kier alpha value is -4.51. The van der Waals surface area contributed by atoms with Crippen LogP contribution in [0.3, 0.4) is 0 Å². The Morgan fingerprint density at radius 3 is 2.22 bits per heavy atom. The summed E-state index contributed by atoms with van der Waals surface area (Å²) in [6.45, 7) is 6.59. The van der Waals surface area contributed by atoms with Crippen molar-refractivity contribution >= 4 is 34.1 Å². The van der Waals surface area contributed by atoms with Gasteiger partial charge in [-0.15, -0.1) is 0 Å². The van der Waals surface area contributed by atoms with Gasteiger partial charge in [-0.25, -0.2) is 14.4 Å². The quantitative estimate of drug-likeness (QED) is 0.422. The van der Waals surface area contributed by atoms with E-state index in [9.17, 15) is 14.4 Å². The van der Waals surface area contributed by atoms with Gasteiger partial charge in [0.1, 0.15) is 11.5 Å². The molecule has 3 aromatic carbocycles. The number of aryl methyl sites for hydroxylation is 2. The molecular formula is C29H27FN6O. The lowest BCUT2D eigenvalue weighted by Crippen LogP contribution is -2.47. The third kappa shape index (κ3) is 5.07. The molecule has 1 aliphatic rings. The molecule has 2 heterocycles. The highest BCUT2D eigenvalue weighted by molar-refractivity contribution is 5.98. The highest BCUT2D eigenvalue weighted by Gasteiger charge is 2.30. The number of hydrogen-bond acceptors (Lipinski definition) is 6. The highest BCUT2D eigenvalue weighted by atomic mass is 19.1. The maximum Gasteiger partial charge on any atom is 0.248 e. The lowest BCUT2D eigenvalue weighted by molar-refractivity contribution is -0.116. The number of aromatic nitrogens is 2. The summed E-state index contributed by atoms with van der Waals surface area (Å²) in [5.74, 6) is -1.30. The summed E-state index contributed by atoms with van der Waals surface area (Å²) in [5, 5.41) is 13.0. The van der Waals surface area contributed by atoms with Crippen LogP contribution < -0.4 is 15.1 Å². The predicted octanol–water partition coefficient (Wildman–Crippen LogP) is 4.96. The van der Waals surface area contributed by atoms with E-state index in [1.165, 1.54) is 12.1 Å². The van der Waals surface area contributed by atoms with E-state index in [0.29, 0.717) is 54.4 Å². The molecule has 1 aromatic heterocycles. The predicted molar refractivity (Wildman–Crippen MR) is 143 cm³/mol. The van der Waals surface area contributed by atoms with Crippen LogP contribution in [-0.4, -0.2) is 42.1 Å². The van der Waals surface area contributed by atoms with E-state index < -0.39 is 11.8 Å². The molecule has 0 spiro atoms. The fraction of sp³-hybridized carbons (Fsp3) is 0.241. The number of halogens is 1. The van der Waals surface area contributed by atoms with Gasteiger partial charge in [0.2, 0.25) is 5.91 Å². The number of anilines is 3. The number of benzene rings is 3. The molecular weight excluding hydrogens is 467 g/mol. The molecule has 1 saturated heterocycles. The van der Waals surface area contributed by atoms with Crippen LogP contribution in [0.1, 0.15) is 22.7 Å². The largest absolute Gasteiger partial charge is 0.368 e. The molecule has 0 aliphatic carbocycles. The van der Waals surface area contributed by atoms with Crippen molar-refractivity contribution in [2.24, 2.45) is 0 Å². The summed E-state index contributed by atoms with van der Waals surface area (Å²) in [5.41, 5.74) is 5.44. The van der Waals surface area contributed by atoms with Gasteiger partial charge in [-0.2, -0.15) is 5.26 Å². The van der Waals surface area contributed by atoms with Gasteiger partial charge in [-0.1, -0.05) is 18.2 Å². The number of para-hydroxylation sites is 2. The second-order valence-corrected chi connectivity index (χ2v) is 9.22. The fourth-order valence-electron chi connectivity index (χ4n) is 4.54. The molecule has 37 heavy (non-hydrogen) atoms. The molecule has 4 aromatic rings. The number of carbonyl (C=O) groups is 1. The first-order chi connectivity index (χ1) is 17.9. The number of rotatable bonds is 5. The first-order valence-corrected chi connectivity index (χ1v) is 12.2. The van der Waals surface area contributed by atoms with Crippen LogP contribution in [-0.2, 0) is 4.79 Å². The summed E-state index contributed by atoms with van der Waals surface area (Å²) in [6, 6.07) is 21.7. The number of nitrogens with zero attached hydrogens (tertiary/aromatic N) is 5. The molecule has 1 fully saturated rings. The monoisotopic (exact) mass is 494 g/mol. The van der Waals surface area contributed by atoms with Crippen molar-refractivity contribution in [3.05, 3.63) is 89.4 Å². The van der Waals surface area contributed by atoms with Gasteiger partial charge in [0, 0.05) is 37.6 Å². The second kappa shape index (κ2) is 10.2. The third-order valence-electron chi connectivity index (χ3n) is 6.79. The number of hydrogen-bond donors (Lipinski definition) is 1. The Bertz CT molecular complexity index is 1490. The van der Waals surface area contributed by atoms with Crippen LogP contribution in [0.25, 0.3) is 11.0 Å². The molecule has 7 nitrogen and oxygen atoms in total. The molecule has 0 radical (unpaired) electrons. The van der Waals surface area contributed by atoms with Gasteiger partial charge in [0.25, 0.3) is 0 Å². The normalized spacial score (nSPS) is 14.3. The Kier molecular flexibility index (Phi) is 6.69. The first kappa shape index (κ1) is 24.2. The molecule has 0 unspecified atom stereocenters. The highest BCUT2D eigenvalue weighted by Crippen LogP contribution is 2.30. The molecule has 1 N–H and O–H groups in total. The number of piperazine rings is 1. The van der Waals surface area contributed by atoms with E-state index >= 15 is 0 Å². The maximum absolute atomic E-state index is 13.4. The number of carbonyl (C=O) groups excluding carboxylic acids is 1. The van der Waals surface area contributed by atoms with Gasteiger partial charge in [0.15, 0.2) is 11.7 Å². The van der Waals surface area contributed by atoms with Crippen LogP contribution in [0.15, 0.2) is 66.7 Å². The molecule has 0 bridgehead atoms. The van der Waals surface area contributed by atoms with E-state index in [4.69, 9.17) is 9.97 Å². The van der Waals surface area contributed by atoms with Crippen LogP contribution in [0.2, 0.25) is 0 Å². The van der Waals surface area contributed by atoms with E-state index in [-0.39, 0.29) is 5.82 Å². The zero-order chi connectivity index (χ0) is 25.9. The number of nitrogens with one attached hydrogen (secondary N) is 1. The molecule has 186 valence electrons. The molecule has 1 aliphatic heterocycles. The lowest BCUT2D eigenvalue weighted by atomic mass is 10.0. The van der Waals surface area contributed by atoms with Crippen molar-refractivity contribution in [2.75, 3.05) is 41.3 Å². The Labute approximate surface area is 215 Å². The van der Waals surface area contributed by atoms with Gasteiger partial charge < -0.3 is 15.1 Å². The number of nitriles is 1. The minimum absolute atomic E-state index is 0.264. The summed E-state index contributed by atoms with van der Waals surface area (Å²) in [4.78, 5) is 27.2. The van der Waals surface area contributed by atoms with Crippen LogP contribution in [0.4, 0.5) is 21.6 Å². The van der Waals surface area contributed by atoms with Crippen molar-refractivity contribution in [1.82, 2.24) is 9.97 Å². The topological polar surface area (TPSA) is 85.1 Å². The van der Waals surface area contributed by atoms with Crippen molar-refractivity contribution in [3.63, 3.8) is 0 Å².